The Labute approximate surface area is 74.8 Å². The van der Waals surface area contributed by atoms with Crippen molar-refractivity contribution in [2.75, 3.05) is 0 Å². The molecule has 3 heteroatoms. The summed E-state index contributed by atoms with van der Waals surface area (Å²) in [6.07, 6.45) is 6.60. The maximum absolute atomic E-state index is 4.29. The summed E-state index contributed by atoms with van der Waals surface area (Å²) in [4.78, 5) is 4.67. The molecular weight excluding hydrogens is 204 g/mol. The van der Waals surface area contributed by atoms with Crippen LogP contribution in [0.4, 0.5) is 0 Å². The smallest absolute Gasteiger partial charge is 0.122 e. The summed E-state index contributed by atoms with van der Waals surface area (Å²) in [7, 11) is 0. The molecule has 1 heterocycles. The van der Waals surface area contributed by atoms with Gasteiger partial charge < -0.3 is 4.57 Å². The zero-order chi connectivity index (χ0) is 7.84. The lowest BCUT2D eigenvalue weighted by molar-refractivity contribution is 0.686. The van der Waals surface area contributed by atoms with Gasteiger partial charge in [-0.3, -0.25) is 0 Å². The summed E-state index contributed by atoms with van der Waals surface area (Å²) in [5.41, 5.74) is 0. The first kappa shape index (κ1) is 7.35. The van der Waals surface area contributed by atoms with Crippen LogP contribution in [0.3, 0.4) is 0 Å². The number of halogens is 1. The molecule has 2 rings (SSSR count). The highest BCUT2D eigenvalue weighted by Crippen LogP contribution is 2.37. The molecule has 2 nitrogen and oxygen atoms in total. The molecule has 1 aliphatic carbocycles. The van der Waals surface area contributed by atoms with E-state index in [-0.39, 0.29) is 0 Å². The maximum atomic E-state index is 4.29. The van der Waals surface area contributed by atoms with E-state index in [1.165, 1.54) is 12.8 Å². The molecule has 0 aliphatic heterocycles. The number of hydrogen-bond donors (Lipinski definition) is 0. The topological polar surface area (TPSA) is 17.8 Å². The molecule has 1 saturated carbocycles. The van der Waals surface area contributed by atoms with Gasteiger partial charge in [0.1, 0.15) is 5.82 Å². The summed E-state index contributed by atoms with van der Waals surface area (Å²) in [5.74, 6) is 1.16. The molecule has 0 spiro atoms. The Bertz CT molecular complexity index is 234. The lowest BCUT2D eigenvalue weighted by atomic mass is 10.4. The van der Waals surface area contributed by atoms with Crippen LogP contribution in [0.5, 0.6) is 0 Å². The summed E-state index contributed by atoms with van der Waals surface area (Å²) in [6, 6.07) is 0.743. The van der Waals surface area contributed by atoms with Crippen molar-refractivity contribution in [1.29, 1.82) is 0 Å². The Hall–Kier alpha value is -0.310. The third-order valence-electron chi connectivity index (χ3n) is 1.99. The van der Waals surface area contributed by atoms with E-state index in [1.807, 2.05) is 6.20 Å². The Kier molecular flexibility index (Phi) is 1.75. The molecule has 1 fully saturated rings. The summed E-state index contributed by atoms with van der Waals surface area (Å²) >= 11 is 3.53. The SMILES string of the molecule is C[C@@H](Br)c1nccn1C1CC1. The third kappa shape index (κ3) is 1.34. The highest BCUT2D eigenvalue weighted by atomic mass is 79.9. The van der Waals surface area contributed by atoms with Crippen molar-refractivity contribution < 1.29 is 0 Å². The van der Waals surface area contributed by atoms with Crippen molar-refractivity contribution in [3.63, 3.8) is 0 Å². The molecule has 60 valence electrons. The first-order valence-corrected chi connectivity index (χ1v) is 4.87. The van der Waals surface area contributed by atoms with Gasteiger partial charge in [-0.25, -0.2) is 4.98 Å². The molecule has 0 bridgehead atoms. The number of rotatable bonds is 2. The first-order chi connectivity index (χ1) is 5.29. The van der Waals surface area contributed by atoms with Gasteiger partial charge in [-0.15, -0.1) is 0 Å². The normalized spacial score (nSPS) is 20.2. The fourth-order valence-electron chi connectivity index (χ4n) is 1.29. The van der Waals surface area contributed by atoms with E-state index in [1.54, 1.807) is 0 Å². The van der Waals surface area contributed by atoms with Gasteiger partial charge in [0.2, 0.25) is 0 Å². The minimum Gasteiger partial charge on any atom is -0.331 e. The molecule has 1 aliphatic rings. The number of imidazole rings is 1. The van der Waals surface area contributed by atoms with Crippen LogP contribution >= 0.6 is 15.9 Å². The average Bonchev–Trinajstić information content (AvgIpc) is 2.68. The monoisotopic (exact) mass is 214 g/mol. The van der Waals surface area contributed by atoms with Crippen LogP contribution in [-0.4, -0.2) is 9.55 Å². The molecule has 0 N–H and O–H groups in total. The standard InChI is InChI=1S/C8H11BrN2/c1-6(9)8-10-4-5-11(8)7-2-3-7/h4-7H,2-3H2,1H3/t6-/m1/s1. The number of hydrogen-bond acceptors (Lipinski definition) is 1. The molecule has 1 aromatic rings. The molecular formula is C8H11BrN2. The van der Waals surface area contributed by atoms with Crippen molar-refractivity contribution >= 4 is 15.9 Å². The van der Waals surface area contributed by atoms with Crippen LogP contribution in [-0.2, 0) is 0 Å². The van der Waals surface area contributed by atoms with Gasteiger partial charge in [-0.2, -0.15) is 0 Å². The lowest BCUT2D eigenvalue weighted by Gasteiger charge is -2.06. The predicted molar refractivity (Wildman–Crippen MR) is 47.8 cm³/mol. The number of nitrogens with zero attached hydrogens (tertiary/aromatic N) is 2. The van der Waals surface area contributed by atoms with Gasteiger partial charge in [0.15, 0.2) is 0 Å². The van der Waals surface area contributed by atoms with Crippen molar-refractivity contribution in [3.05, 3.63) is 18.2 Å². The second-order valence-corrected chi connectivity index (χ2v) is 4.41. The molecule has 1 aromatic heterocycles. The van der Waals surface area contributed by atoms with Gasteiger partial charge in [0.05, 0.1) is 4.83 Å². The summed E-state index contributed by atoms with van der Waals surface area (Å²) in [5, 5.41) is 0. The Morgan fingerprint density at radius 1 is 1.73 bits per heavy atom. The van der Waals surface area contributed by atoms with E-state index < -0.39 is 0 Å². The quantitative estimate of drug-likeness (QED) is 0.693. The van der Waals surface area contributed by atoms with E-state index in [4.69, 9.17) is 0 Å². The van der Waals surface area contributed by atoms with Crippen LogP contribution in [0.25, 0.3) is 0 Å². The van der Waals surface area contributed by atoms with Crippen LogP contribution in [0.1, 0.15) is 36.5 Å². The largest absolute Gasteiger partial charge is 0.331 e. The van der Waals surface area contributed by atoms with Crippen molar-refractivity contribution in [2.45, 2.75) is 30.6 Å². The van der Waals surface area contributed by atoms with Crippen LogP contribution in [0, 0.1) is 0 Å². The van der Waals surface area contributed by atoms with E-state index in [2.05, 4.69) is 38.6 Å². The molecule has 0 radical (unpaired) electrons. The minimum absolute atomic E-state index is 0.373. The fourth-order valence-corrected chi connectivity index (χ4v) is 1.65. The number of alkyl halides is 1. The van der Waals surface area contributed by atoms with Gasteiger partial charge in [0.25, 0.3) is 0 Å². The Morgan fingerprint density at radius 2 is 2.45 bits per heavy atom. The molecule has 0 amide bonds. The molecule has 0 unspecified atom stereocenters. The van der Waals surface area contributed by atoms with E-state index in [0.717, 1.165) is 11.9 Å². The lowest BCUT2D eigenvalue weighted by Crippen LogP contribution is -2.00. The maximum Gasteiger partial charge on any atom is 0.122 e. The fraction of sp³-hybridized carbons (Fsp3) is 0.625. The zero-order valence-electron chi connectivity index (χ0n) is 6.50. The molecule has 0 saturated heterocycles. The highest BCUT2D eigenvalue weighted by Gasteiger charge is 2.26. The zero-order valence-corrected chi connectivity index (χ0v) is 8.08. The highest BCUT2D eigenvalue weighted by molar-refractivity contribution is 9.09. The van der Waals surface area contributed by atoms with Crippen molar-refractivity contribution in [2.24, 2.45) is 0 Å². The molecule has 11 heavy (non-hydrogen) atoms. The first-order valence-electron chi connectivity index (χ1n) is 3.96. The Morgan fingerprint density at radius 3 is 3.00 bits per heavy atom. The van der Waals surface area contributed by atoms with Gasteiger partial charge >= 0.3 is 0 Å². The third-order valence-corrected chi connectivity index (χ3v) is 2.40. The minimum atomic E-state index is 0.373. The van der Waals surface area contributed by atoms with Crippen LogP contribution in [0.15, 0.2) is 12.4 Å². The van der Waals surface area contributed by atoms with Crippen LogP contribution in [0.2, 0.25) is 0 Å². The van der Waals surface area contributed by atoms with Gasteiger partial charge in [-0.1, -0.05) is 15.9 Å². The van der Waals surface area contributed by atoms with Crippen molar-refractivity contribution in [1.82, 2.24) is 9.55 Å². The summed E-state index contributed by atoms with van der Waals surface area (Å²) in [6.45, 7) is 2.11. The molecule has 0 aromatic carbocycles. The second kappa shape index (κ2) is 2.63. The van der Waals surface area contributed by atoms with Gasteiger partial charge in [-0.05, 0) is 19.8 Å². The van der Waals surface area contributed by atoms with Crippen molar-refractivity contribution in [3.8, 4) is 0 Å². The summed E-state index contributed by atoms with van der Waals surface area (Å²) < 4.78 is 2.28. The molecule has 1 atom stereocenters. The van der Waals surface area contributed by atoms with E-state index in [0.29, 0.717) is 4.83 Å². The second-order valence-electron chi connectivity index (χ2n) is 3.04. The number of aromatic nitrogens is 2. The van der Waals surface area contributed by atoms with Gasteiger partial charge in [0, 0.05) is 18.4 Å². The van der Waals surface area contributed by atoms with E-state index in [9.17, 15) is 0 Å². The predicted octanol–water partition coefficient (Wildman–Crippen LogP) is 2.67. The average molecular weight is 215 g/mol. The Balaban J connectivity index is 2.30. The van der Waals surface area contributed by atoms with Crippen LogP contribution < -0.4 is 0 Å². The van der Waals surface area contributed by atoms with E-state index >= 15 is 0 Å².